The SMILES string of the molecule is O=C(O)c1cc(Br)cc(C(=O)NCC2COCCO2)c1. The van der Waals surface area contributed by atoms with Gasteiger partial charge in [0.05, 0.1) is 31.5 Å². The number of aromatic carboxylic acids is 1. The number of carboxylic acid groups (broad SMARTS) is 1. The fourth-order valence-electron chi connectivity index (χ4n) is 1.81. The largest absolute Gasteiger partial charge is 0.478 e. The van der Waals surface area contributed by atoms with E-state index in [0.717, 1.165) is 0 Å². The number of nitrogens with one attached hydrogen (secondary N) is 1. The summed E-state index contributed by atoms with van der Waals surface area (Å²) in [5.74, 6) is -1.42. The van der Waals surface area contributed by atoms with Crippen LogP contribution in [0.5, 0.6) is 0 Å². The van der Waals surface area contributed by atoms with Gasteiger partial charge in [-0.25, -0.2) is 4.79 Å². The summed E-state index contributed by atoms with van der Waals surface area (Å²) >= 11 is 3.19. The highest BCUT2D eigenvalue weighted by atomic mass is 79.9. The van der Waals surface area contributed by atoms with E-state index in [1.807, 2.05) is 0 Å². The lowest BCUT2D eigenvalue weighted by molar-refractivity contribution is -0.0855. The van der Waals surface area contributed by atoms with Crippen LogP contribution in [0.25, 0.3) is 0 Å². The first-order valence-electron chi connectivity index (χ1n) is 6.07. The zero-order chi connectivity index (χ0) is 14.5. The highest BCUT2D eigenvalue weighted by Crippen LogP contribution is 2.16. The number of benzene rings is 1. The summed E-state index contributed by atoms with van der Waals surface area (Å²) in [4.78, 5) is 22.9. The van der Waals surface area contributed by atoms with Crippen molar-refractivity contribution < 1.29 is 24.2 Å². The third kappa shape index (κ3) is 4.03. The van der Waals surface area contributed by atoms with Crippen LogP contribution in [0.3, 0.4) is 0 Å². The van der Waals surface area contributed by atoms with Gasteiger partial charge < -0.3 is 19.9 Å². The molecule has 2 N–H and O–H groups in total. The summed E-state index contributed by atoms with van der Waals surface area (Å²) in [6.45, 7) is 1.85. The lowest BCUT2D eigenvalue weighted by atomic mass is 10.1. The Labute approximate surface area is 124 Å². The molecule has 108 valence electrons. The van der Waals surface area contributed by atoms with Gasteiger partial charge in [0, 0.05) is 16.6 Å². The molecule has 1 aliphatic heterocycles. The van der Waals surface area contributed by atoms with Crippen LogP contribution < -0.4 is 5.32 Å². The van der Waals surface area contributed by atoms with Crippen molar-refractivity contribution in [1.82, 2.24) is 5.32 Å². The molecule has 1 unspecified atom stereocenters. The minimum absolute atomic E-state index is 0.0572. The van der Waals surface area contributed by atoms with Crippen LogP contribution in [0.1, 0.15) is 20.7 Å². The van der Waals surface area contributed by atoms with Crippen LogP contribution in [0, 0.1) is 0 Å². The molecule has 1 aliphatic rings. The zero-order valence-electron chi connectivity index (χ0n) is 10.6. The first-order valence-corrected chi connectivity index (χ1v) is 6.87. The highest BCUT2D eigenvalue weighted by molar-refractivity contribution is 9.10. The molecule has 7 heteroatoms. The highest BCUT2D eigenvalue weighted by Gasteiger charge is 2.17. The van der Waals surface area contributed by atoms with Gasteiger partial charge in [0.25, 0.3) is 5.91 Å². The number of rotatable bonds is 4. The molecule has 2 rings (SSSR count). The second kappa shape index (κ2) is 6.83. The van der Waals surface area contributed by atoms with E-state index in [-0.39, 0.29) is 23.1 Å². The number of ether oxygens (including phenoxy) is 2. The Bertz CT molecular complexity index is 513. The molecule has 1 aromatic carbocycles. The molecule has 1 heterocycles. The summed E-state index contributed by atoms with van der Waals surface area (Å²) in [5.41, 5.74) is 0.343. The van der Waals surface area contributed by atoms with Crippen molar-refractivity contribution in [3.05, 3.63) is 33.8 Å². The minimum Gasteiger partial charge on any atom is -0.478 e. The van der Waals surface area contributed by atoms with Crippen LogP contribution in [0.4, 0.5) is 0 Å². The minimum atomic E-state index is -1.08. The van der Waals surface area contributed by atoms with E-state index >= 15 is 0 Å². The van der Waals surface area contributed by atoms with E-state index in [2.05, 4.69) is 21.2 Å². The van der Waals surface area contributed by atoms with Crippen molar-refractivity contribution in [3.8, 4) is 0 Å². The van der Waals surface area contributed by atoms with Gasteiger partial charge in [-0.05, 0) is 18.2 Å². The molecule has 1 aromatic rings. The molecule has 0 aromatic heterocycles. The number of halogens is 1. The molecule has 0 spiro atoms. The summed E-state index contributed by atoms with van der Waals surface area (Å²) in [5, 5.41) is 11.7. The molecule has 0 bridgehead atoms. The Hall–Kier alpha value is -1.44. The van der Waals surface area contributed by atoms with Crippen LogP contribution >= 0.6 is 15.9 Å². The second-order valence-electron chi connectivity index (χ2n) is 4.31. The molecule has 1 atom stereocenters. The van der Waals surface area contributed by atoms with Gasteiger partial charge in [-0.3, -0.25) is 4.79 Å². The van der Waals surface area contributed by atoms with Gasteiger partial charge in [0.1, 0.15) is 0 Å². The lowest BCUT2D eigenvalue weighted by Gasteiger charge is -2.23. The normalized spacial score (nSPS) is 18.6. The van der Waals surface area contributed by atoms with E-state index in [0.29, 0.717) is 30.8 Å². The average Bonchev–Trinajstić information content (AvgIpc) is 2.45. The maximum atomic E-state index is 12.0. The number of carbonyl (C=O) groups excluding carboxylic acids is 1. The van der Waals surface area contributed by atoms with Gasteiger partial charge in [-0.1, -0.05) is 15.9 Å². The number of hydrogen-bond acceptors (Lipinski definition) is 4. The van der Waals surface area contributed by atoms with Gasteiger partial charge in [-0.15, -0.1) is 0 Å². The van der Waals surface area contributed by atoms with Crippen molar-refractivity contribution in [2.75, 3.05) is 26.4 Å². The first-order chi connectivity index (χ1) is 9.56. The van der Waals surface area contributed by atoms with E-state index in [9.17, 15) is 9.59 Å². The third-order valence-corrected chi connectivity index (χ3v) is 3.24. The van der Waals surface area contributed by atoms with E-state index in [1.54, 1.807) is 6.07 Å². The Kier molecular flexibility index (Phi) is 5.11. The number of hydrogen-bond donors (Lipinski definition) is 2. The van der Waals surface area contributed by atoms with E-state index in [1.165, 1.54) is 12.1 Å². The van der Waals surface area contributed by atoms with Gasteiger partial charge in [0.15, 0.2) is 0 Å². The molecule has 1 amide bonds. The Balaban J connectivity index is 1.99. The molecular weight excluding hydrogens is 330 g/mol. The van der Waals surface area contributed by atoms with Crippen LogP contribution in [0.2, 0.25) is 0 Å². The van der Waals surface area contributed by atoms with Crippen LogP contribution in [0.15, 0.2) is 22.7 Å². The molecular formula is C13H14BrNO5. The smallest absolute Gasteiger partial charge is 0.335 e. The molecule has 20 heavy (non-hydrogen) atoms. The summed E-state index contributed by atoms with van der Waals surface area (Å²) in [6, 6.07) is 4.35. The van der Waals surface area contributed by atoms with Gasteiger partial charge >= 0.3 is 5.97 Å². The molecule has 1 fully saturated rings. The molecule has 0 aliphatic carbocycles. The summed E-state index contributed by atoms with van der Waals surface area (Å²) in [7, 11) is 0. The lowest BCUT2D eigenvalue weighted by Crippen LogP contribution is -2.39. The van der Waals surface area contributed by atoms with Crippen molar-refractivity contribution in [2.24, 2.45) is 0 Å². The second-order valence-corrected chi connectivity index (χ2v) is 5.23. The Morgan fingerprint density at radius 3 is 2.70 bits per heavy atom. The Morgan fingerprint density at radius 2 is 2.05 bits per heavy atom. The molecule has 0 saturated carbocycles. The number of carboxylic acids is 1. The predicted octanol–water partition coefficient (Wildman–Crippen LogP) is 1.29. The zero-order valence-corrected chi connectivity index (χ0v) is 12.2. The molecule has 0 radical (unpaired) electrons. The van der Waals surface area contributed by atoms with Gasteiger partial charge in [-0.2, -0.15) is 0 Å². The fraction of sp³-hybridized carbons (Fsp3) is 0.385. The van der Waals surface area contributed by atoms with Gasteiger partial charge in [0.2, 0.25) is 0 Å². The average molecular weight is 344 g/mol. The topological polar surface area (TPSA) is 84.9 Å². The summed E-state index contributed by atoms with van der Waals surface area (Å²) < 4.78 is 11.2. The maximum Gasteiger partial charge on any atom is 0.335 e. The Morgan fingerprint density at radius 1 is 1.30 bits per heavy atom. The van der Waals surface area contributed by atoms with E-state index < -0.39 is 5.97 Å². The van der Waals surface area contributed by atoms with Crippen molar-refractivity contribution in [1.29, 1.82) is 0 Å². The monoisotopic (exact) mass is 343 g/mol. The fourth-order valence-corrected chi connectivity index (χ4v) is 2.30. The number of carbonyl (C=O) groups is 2. The van der Waals surface area contributed by atoms with Crippen LogP contribution in [-0.4, -0.2) is 49.5 Å². The predicted molar refractivity (Wildman–Crippen MR) is 74.0 cm³/mol. The first kappa shape index (κ1) is 15.0. The third-order valence-electron chi connectivity index (χ3n) is 2.78. The van der Waals surface area contributed by atoms with E-state index in [4.69, 9.17) is 14.6 Å². The van der Waals surface area contributed by atoms with Crippen molar-refractivity contribution in [2.45, 2.75) is 6.10 Å². The van der Waals surface area contributed by atoms with Crippen molar-refractivity contribution in [3.63, 3.8) is 0 Å². The maximum absolute atomic E-state index is 12.0. The molecule has 1 saturated heterocycles. The molecule has 6 nitrogen and oxygen atoms in total. The van der Waals surface area contributed by atoms with Crippen molar-refractivity contribution >= 4 is 27.8 Å². The number of amides is 1. The standard InChI is InChI=1S/C13H14BrNO5/c14-10-4-8(3-9(5-10)13(17)18)12(16)15-6-11-7-19-1-2-20-11/h3-5,11H,1-2,6-7H2,(H,15,16)(H,17,18). The summed E-state index contributed by atoms with van der Waals surface area (Å²) in [6.07, 6.45) is -0.168. The quantitative estimate of drug-likeness (QED) is 0.860. The van der Waals surface area contributed by atoms with Crippen LogP contribution in [-0.2, 0) is 9.47 Å².